The molecule has 0 saturated carbocycles. The third-order valence-corrected chi connectivity index (χ3v) is 3.92. The number of nitrogens with zero attached hydrogens (tertiary/aromatic N) is 3. The van der Waals surface area contributed by atoms with E-state index >= 15 is 0 Å². The lowest BCUT2D eigenvalue weighted by atomic mass is 9.98. The van der Waals surface area contributed by atoms with E-state index in [1.54, 1.807) is 6.92 Å². The van der Waals surface area contributed by atoms with Gasteiger partial charge in [0, 0.05) is 18.8 Å². The van der Waals surface area contributed by atoms with Gasteiger partial charge in [0.25, 0.3) is 0 Å². The van der Waals surface area contributed by atoms with Crippen LogP contribution in [0.5, 0.6) is 0 Å². The first-order chi connectivity index (χ1) is 9.90. The van der Waals surface area contributed by atoms with Crippen molar-refractivity contribution in [3.05, 3.63) is 10.4 Å². The highest BCUT2D eigenvalue weighted by Crippen LogP contribution is 2.33. The lowest BCUT2D eigenvalue weighted by Crippen LogP contribution is -2.57. The molecule has 21 heavy (non-hydrogen) atoms. The first-order valence-electron chi connectivity index (χ1n) is 6.56. The van der Waals surface area contributed by atoms with Crippen molar-refractivity contribution < 1.29 is 23.8 Å². The van der Waals surface area contributed by atoms with Crippen LogP contribution in [0.4, 0.5) is 0 Å². The van der Waals surface area contributed by atoms with Crippen LogP contribution in [0.2, 0.25) is 0 Å². The molecule has 0 aliphatic carbocycles. The van der Waals surface area contributed by atoms with Gasteiger partial charge in [-0.2, -0.15) is 0 Å². The normalized spacial score (nSPS) is 31.9. The number of thioether (sulfide) groups is 1. The summed E-state index contributed by atoms with van der Waals surface area (Å²) in [4.78, 5) is 25.3. The van der Waals surface area contributed by atoms with E-state index in [0.717, 1.165) is 5.75 Å². The van der Waals surface area contributed by atoms with Crippen molar-refractivity contribution in [1.29, 1.82) is 0 Å². The Kier molecular flexibility index (Phi) is 6.80. The summed E-state index contributed by atoms with van der Waals surface area (Å²) in [5.41, 5.74) is 8.27. The Hall–Kier alpha value is -1.44. The Balaban J connectivity index is 3.10. The van der Waals surface area contributed by atoms with Gasteiger partial charge in [0.05, 0.1) is 6.10 Å². The maximum absolute atomic E-state index is 11.3. The number of esters is 2. The number of hydrogen-bond donors (Lipinski definition) is 0. The molecule has 0 unspecified atom stereocenters. The molecular formula is C12H19N3O5S. The van der Waals surface area contributed by atoms with E-state index < -0.39 is 41.7 Å². The Bertz CT molecular complexity index is 441. The number of hydrogen-bond acceptors (Lipinski definition) is 7. The van der Waals surface area contributed by atoms with Crippen molar-refractivity contribution in [3.63, 3.8) is 0 Å². The van der Waals surface area contributed by atoms with Gasteiger partial charge in [-0.15, -0.1) is 11.8 Å². The van der Waals surface area contributed by atoms with E-state index in [0.29, 0.717) is 0 Å². The summed E-state index contributed by atoms with van der Waals surface area (Å²) in [6.45, 7) is 6.16. The second kappa shape index (κ2) is 8.11. The average molecular weight is 317 g/mol. The molecule has 1 rings (SSSR count). The molecule has 1 saturated heterocycles. The van der Waals surface area contributed by atoms with E-state index in [-0.39, 0.29) is 0 Å². The summed E-state index contributed by atoms with van der Waals surface area (Å²) in [5, 5.41) is 3.68. The zero-order valence-corrected chi connectivity index (χ0v) is 13.2. The van der Waals surface area contributed by atoms with Crippen LogP contribution in [0.15, 0.2) is 5.11 Å². The predicted molar refractivity (Wildman–Crippen MR) is 76.5 cm³/mol. The van der Waals surface area contributed by atoms with Crippen molar-refractivity contribution in [2.75, 3.05) is 5.75 Å². The van der Waals surface area contributed by atoms with Crippen LogP contribution in [0.1, 0.15) is 27.7 Å². The highest BCUT2D eigenvalue weighted by molar-refractivity contribution is 7.99. The Labute approximate surface area is 127 Å². The third kappa shape index (κ3) is 4.80. The molecule has 0 spiro atoms. The lowest BCUT2D eigenvalue weighted by molar-refractivity contribution is -0.198. The molecule has 1 heterocycles. The number of carbonyl (C=O) groups is 2. The highest BCUT2D eigenvalue weighted by Gasteiger charge is 2.47. The van der Waals surface area contributed by atoms with Crippen LogP contribution in [-0.2, 0) is 23.8 Å². The summed E-state index contributed by atoms with van der Waals surface area (Å²) in [7, 11) is 0. The molecule has 0 aromatic rings. The second-order valence-electron chi connectivity index (χ2n) is 4.51. The smallest absolute Gasteiger partial charge is 0.303 e. The zero-order chi connectivity index (χ0) is 16.0. The van der Waals surface area contributed by atoms with Gasteiger partial charge in [0.2, 0.25) is 0 Å². The molecule has 0 amide bonds. The minimum atomic E-state index is -0.866. The quantitative estimate of drug-likeness (QED) is 0.332. The number of azide groups is 1. The van der Waals surface area contributed by atoms with Gasteiger partial charge in [0.1, 0.15) is 11.5 Å². The van der Waals surface area contributed by atoms with Crippen molar-refractivity contribution in [2.24, 2.45) is 5.11 Å². The third-order valence-electron chi connectivity index (χ3n) is 2.87. The molecule has 9 heteroatoms. The molecule has 5 atom stereocenters. The number of rotatable bonds is 5. The zero-order valence-electron chi connectivity index (χ0n) is 12.4. The number of carbonyl (C=O) groups excluding carboxylic acids is 2. The summed E-state index contributed by atoms with van der Waals surface area (Å²) in [6.07, 6.45) is -2.15. The number of ether oxygens (including phenoxy) is 3. The van der Waals surface area contributed by atoms with Crippen molar-refractivity contribution in [1.82, 2.24) is 0 Å². The molecule has 8 nitrogen and oxygen atoms in total. The van der Waals surface area contributed by atoms with Crippen molar-refractivity contribution in [3.8, 4) is 0 Å². The first-order valence-corrected chi connectivity index (χ1v) is 7.61. The van der Waals surface area contributed by atoms with Crippen molar-refractivity contribution in [2.45, 2.75) is 57.5 Å². The summed E-state index contributed by atoms with van der Waals surface area (Å²) in [5.74, 6) is -0.321. The van der Waals surface area contributed by atoms with Gasteiger partial charge in [-0.05, 0) is 18.2 Å². The van der Waals surface area contributed by atoms with Crippen molar-refractivity contribution >= 4 is 23.7 Å². The predicted octanol–water partition coefficient (Wildman–Crippen LogP) is 2.03. The molecule has 0 bridgehead atoms. The Morgan fingerprint density at radius 3 is 2.33 bits per heavy atom. The van der Waals surface area contributed by atoms with Crippen LogP contribution in [-0.4, -0.2) is 47.5 Å². The largest absolute Gasteiger partial charge is 0.458 e. The topological polar surface area (TPSA) is 111 Å². The van der Waals surface area contributed by atoms with E-state index in [4.69, 9.17) is 19.7 Å². The molecule has 0 aromatic heterocycles. The van der Waals surface area contributed by atoms with Gasteiger partial charge in [0.15, 0.2) is 12.2 Å². The maximum atomic E-state index is 11.3. The average Bonchev–Trinajstić information content (AvgIpc) is 2.37. The first kappa shape index (κ1) is 17.6. The standard InChI is InChI=1S/C12H19N3O5S/c1-5-21-12-9(14-15-13)11(20-8(4)17)10(6(2)18-12)19-7(3)16/h6,9-12H,5H2,1-4H3/t6-,9-,10+,11-,12-/m1/s1. The van der Waals surface area contributed by atoms with Gasteiger partial charge < -0.3 is 14.2 Å². The fraction of sp³-hybridized carbons (Fsp3) is 0.833. The van der Waals surface area contributed by atoms with Crippen LogP contribution in [0.3, 0.4) is 0 Å². The molecular weight excluding hydrogens is 298 g/mol. The Morgan fingerprint density at radius 1 is 1.29 bits per heavy atom. The molecule has 1 aliphatic rings. The van der Waals surface area contributed by atoms with Gasteiger partial charge in [-0.1, -0.05) is 12.0 Å². The van der Waals surface area contributed by atoms with Crippen LogP contribution >= 0.6 is 11.8 Å². The Morgan fingerprint density at radius 2 is 1.86 bits per heavy atom. The lowest BCUT2D eigenvalue weighted by Gasteiger charge is -2.42. The van der Waals surface area contributed by atoms with Crippen LogP contribution in [0, 0.1) is 0 Å². The highest BCUT2D eigenvalue weighted by atomic mass is 32.2. The molecule has 0 radical (unpaired) electrons. The van der Waals surface area contributed by atoms with Crippen LogP contribution in [0.25, 0.3) is 10.4 Å². The monoisotopic (exact) mass is 317 g/mol. The fourth-order valence-electron chi connectivity index (χ4n) is 2.15. The fourth-order valence-corrected chi connectivity index (χ4v) is 3.14. The van der Waals surface area contributed by atoms with Gasteiger partial charge in [-0.25, -0.2) is 0 Å². The van der Waals surface area contributed by atoms with Crippen LogP contribution < -0.4 is 0 Å². The minimum Gasteiger partial charge on any atom is -0.458 e. The van der Waals surface area contributed by atoms with E-state index in [2.05, 4.69) is 10.0 Å². The van der Waals surface area contributed by atoms with E-state index in [1.165, 1.54) is 25.6 Å². The maximum Gasteiger partial charge on any atom is 0.303 e. The molecule has 0 aromatic carbocycles. The van der Waals surface area contributed by atoms with Gasteiger partial charge >= 0.3 is 11.9 Å². The van der Waals surface area contributed by atoms with Gasteiger partial charge in [-0.3, -0.25) is 9.59 Å². The minimum absolute atomic E-state index is 0.461. The molecule has 1 aliphatic heterocycles. The SMILES string of the molecule is CCS[C@H]1O[C@H](C)[C@H](OC(C)=O)[C@H](OC(C)=O)[C@H]1N=[N+]=[N-]. The van der Waals surface area contributed by atoms with E-state index in [1.807, 2.05) is 6.92 Å². The molecule has 0 N–H and O–H groups in total. The molecule has 1 fully saturated rings. The molecule has 118 valence electrons. The second-order valence-corrected chi connectivity index (χ2v) is 5.88. The summed E-state index contributed by atoms with van der Waals surface area (Å²) >= 11 is 1.44. The van der Waals surface area contributed by atoms with E-state index in [9.17, 15) is 9.59 Å². The summed E-state index contributed by atoms with van der Waals surface area (Å²) < 4.78 is 16.2. The summed E-state index contributed by atoms with van der Waals surface area (Å²) in [6, 6.07) is -0.760.